The smallest absolute Gasteiger partial charge is 0.261 e. The van der Waals surface area contributed by atoms with E-state index in [1.807, 2.05) is 0 Å². The molecule has 0 atom stereocenters. The minimum Gasteiger partial charge on any atom is -0.296 e. The van der Waals surface area contributed by atoms with Gasteiger partial charge in [0.1, 0.15) is 5.01 Å². The number of carbonyl (C=O) groups is 1. The molecule has 4 rings (SSSR count). The molecule has 3 aromatic rings. The fourth-order valence-corrected chi connectivity index (χ4v) is 4.56. The van der Waals surface area contributed by atoms with Gasteiger partial charge in [-0.3, -0.25) is 14.8 Å². The second-order valence-electron chi connectivity index (χ2n) is 6.31. The van der Waals surface area contributed by atoms with Crippen LogP contribution in [0.3, 0.4) is 0 Å². The van der Waals surface area contributed by atoms with E-state index >= 15 is 0 Å². The summed E-state index contributed by atoms with van der Waals surface area (Å²) in [6, 6.07) is 12.0. The van der Waals surface area contributed by atoms with Gasteiger partial charge in [-0.15, -0.1) is 10.2 Å². The average Bonchev–Trinajstić information content (AvgIpc) is 3.43. The molecule has 1 aromatic heterocycles. The molecule has 0 bridgehead atoms. The summed E-state index contributed by atoms with van der Waals surface area (Å²) < 4.78 is 27.4. The molecule has 10 heteroatoms. The summed E-state index contributed by atoms with van der Waals surface area (Å²) in [6.45, 7) is 0. The first-order valence-electron chi connectivity index (χ1n) is 8.44. The number of anilines is 2. The van der Waals surface area contributed by atoms with Crippen molar-refractivity contribution in [3.63, 3.8) is 0 Å². The molecule has 1 aliphatic rings. The van der Waals surface area contributed by atoms with E-state index in [1.165, 1.54) is 35.6 Å². The topological polar surface area (TPSA) is 101 Å². The number of hydrogen-bond acceptors (Lipinski definition) is 6. The van der Waals surface area contributed by atoms with Gasteiger partial charge in [0.15, 0.2) is 0 Å². The highest BCUT2D eigenvalue weighted by Gasteiger charge is 2.27. The van der Waals surface area contributed by atoms with Crippen molar-refractivity contribution in [2.45, 2.75) is 23.7 Å². The number of amides is 1. The van der Waals surface area contributed by atoms with Crippen molar-refractivity contribution >= 4 is 49.7 Å². The summed E-state index contributed by atoms with van der Waals surface area (Å²) in [5.74, 6) is 0.105. The number of nitrogens with one attached hydrogen (secondary N) is 2. The molecule has 2 N–H and O–H groups in total. The number of benzene rings is 2. The summed E-state index contributed by atoms with van der Waals surface area (Å²) in [5.41, 5.74) is 0.725. The molecule has 2 aromatic carbocycles. The Morgan fingerprint density at radius 1 is 1.04 bits per heavy atom. The van der Waals surface area contributed by atoms with Crippen LogP contribution in [0.4, 0.5) is 10.8 Å². The van der Waals surface area contributed by atoms with E-state index in [2.05, 4.69) is 20.2 Å². The van der Waals surface area contributed by atoms with E-state index in [4.69, 9.17) is 11.6 Å². The lowest BCUT2D eigenvalue weighted by atomic mass is 10.2. The molecule has 1 heterocycles. The third-order valence-corrected chi connectivity index (χ3v) is 6.76. The summed E-state index contributed by atoms with van der Waals surface area (Å²) in [6.07, 6.45) is 2.23. The van der Waals surface area contributed by atoms with Gasteiger partial charge in [0.2, 0.25) is 5.13 Å². The lowest BCUT2D eigenvalue weighted by Gasteiger charge is -2.09. The highest BCUT2D eigenvalue weighted by atomic mass is 35.5. The predicted molar refractivity (Wildman–Crippen MR) is 109 cm³/mol. The number of nitrogens with zero attached hydrogens (tertiary/aromatic N) is 2. The number of halogens is 1. The van der Waals surface area contributed by atoms with Gasteiger partial charge in [-0.05, 0) is 61.4 Å². The van der Waals surface area contributed by atoms with Crippen LogP contribution in [-0.2, 0) is 10.0 Å². The van der Waals surface area contributed by atoms with Crippen molar-refractivity contribution in [2.75, 3.05) is 10.0 Å². The highest BCUT2D eigenvalue weighted by molar-refractivity contribution is 7.92. The van der Waals surface area contributed by atoms with Crippen molar-refractivity contribution in [3.05, 3.63) is 64.1 Å². The Morgan fingerprint density at radius 2 is 1.71 bits per heavy atom. The van der Waals surface area contributed by atoms with Crippen molar-refractivity contribution in [2.24, 2.45) is 0 Å². The lowest BCUT2D eigenvalue weighted by molar-refractivity contribution is 0.102. The van der Waals surface area contributed by atoms with Crippen molar-refractivity contribution in [3.8, 4) is 0 Å². The van der Waals surface area contributed by atoms with E-state index in [1.54, 1.807) is 24.3 Å². The van der Waals surface area contributed by atoms with Crippen LogP contribution in [0.25, 0.3) is 0 Å². The molecular weight excluding hydrogens is 420 g/mol. The first kappa shape index (κ1) is 18.9. The number of carbonyl (C=O) groups excluding carboxylic acids is 1. The van der Waals surface area contributed by atoms with Crippen LogP contribution in [0.2, 0.25) is 5.02 Å². The van der Waals surface area contributed by atoms with Gasteiger partial charge >= 0.3 is 0 Å². The van der Waals surface area contributed by atoms with Crippen LogP contribution in [0.5, 0.6) is 0 Å². The molecule has 7 nitrogen and oxygen atoms in total. The van der Waals surface area contributed by atoms with E-state index in [9.17, 15) is 13.2 Å². The Hall–Kier alpha value is -2.49. The third-order valence-electron chi connectivity index (χ3n) is 4.11. The lowest BCUT2D eigenvalue weighted by Crippen LogP contribution is -2.14. The molecule has 28 heavy (non-hydrogen) atoms. The Bertz CT molecular complexity index is 1110. The normalized spacial score (nSPS) is 13.9. The molecule has 144 valence electrons. The molecule has 1 aliphatic carbocycles. The van der Waals surface area contributed by atoms with Crippen LogP contribution >= 0.6 is 22.9 Å². The maximum atomic E-state index is 12.5. The predicted octanol–water partition coefficient (Wildman–Crippen LogP) is 4.12. The quantitative estimate of drug-likeness (QED) is 0.607. The van der Waals surface area contributed by atoms with Crippen LogP contribution < -0.4 is 10.0 Å². The van der Waals surface area contributed by atoms with E-state index in [0.717, 1.165) is 17.8 Å². The maximum absolute atomic E-state index is 12.5. The molecule has 0 spiro atoms. The summed E-state index contributed by atoms with van der Waals surface area (Å²) >= 11 is 7.17. The monoisotopic (exact) mass is 434 g/mol. The molecule has 0 saturated heterocycles. The Labute approximate surface area is 170 Å². The minimum atomic E-state index is -3.77. The zero-order valence-electron chi connectivity index (χ0n) is 14.4. The second kappa shape index (κ2) is 7.50. The zero-order valence-corrected chi connectivity index (χ0v) is 16.8. The van der Waals surface area contributed by atoms with Crippen LogP contribution in [-0.4, -0.2) is 24.5 Å². The first-order valence-corrected chi connectivity index (χ1v) is 11.1. The van der Waals surface area contributed by atoms with Gasteiger partial charge in [0.05, 0.1) is 4.90 Å². The van der Waals surface area contributed by atoms with Gasteiger partial charge in [0.25, 0.3) is 15.9 Å². The fraction of sp³-hybridized carbons (Fsp3) is 0.167. The summed E-state index contributed by atoms with van der Waals surface area (Å²) in [7, 11) is -3.77. The third kappa shape index (κ3) is 4.32. The van der Waals surface area contributed by atoms with Gasteiger partial charge < -0.3 is 0 Å². The van der Waals surface area contributed by atoms with E-state index in [0.29, 0.717) is 27.3 Å². The van der Waals surface area contributed by atoms with Crippen molar-refractivity contribution in [1.82, 2.24) is 10.2 Å². The highest BCUT2D eigenvalue weighted by Crippen LogP contribution is 2.42. The Balaban J connectivity index is 1.44. The van der Waals surface area contributed by atoms with Gasteiger partial charge in [0, 0.05) is 22.2 Å². The second-order valence-corrected chi connectivity index (χ2v) is 9.44. The van der Waals surface area contributed by atoms with E-state index in [-0.39, 0.29) is 10.8 Å². The molecule has 1 amide bonds. The standard InChI is InChI=1S/C18H15ClN4O3S2/c19-13-5-7-14(8-6-13)23-28(25,26)15-9-3-11(4-10-15)16(24)20-18-22-21-17(27-18)12-1-2-12/h3-10,12,23H,1-2H2,(H,20,22,24). The van der Waals surface area contributed by atoms with Crippen molar-refractivity contribution in [1.29, 1.82) is 0 Å². The van der Waals surface area contributed by atoms with Gasteiger partial charge in [-0.2, -0.15) is 0 Å². The SMILES string of the molecule is O=C(Nc1nnc(C2CC2)s1)c1ccc(S(=O)(=O)Nc2ccc(Cl)cc2)cc1. The van der Waals surface area contributed by atoms with Crippen LogP contribution in [0.1, 0.15) is 34.1 Å². The summed E-state index contributed by atoms with van der Waals surface area (Å²) in [5, 5.41) is 12.6. The molecular formula is C18H15ClN4O3S2. The number of hydrogen-bond donors (Lipinski definition) is 2. The number of rotatable bonds is 6. The first-order chi connectivity index (χ1) is 13.4. The molecule has 0 unspecified atom stereocenters. The molecule has 1 saturated carbocycles. The molecule has 1 fully saturated rings. The average molecular weight is 435 g/mol. The van der Waals surface area contributed by atoms with Gasteiger partial charge in [-0.1, -0.05) is 22.9 Å². The number of aromatic nitrogens is 2. The van der Waals surface area contributed by atoms with E-state index < -0.39 is 10.0 Å². The largest absolute Gasteiger partial charge is 0.296 e. The Kier molecular flexibility index (Phi) is 5.05. The van der Waals surface area contributed by atoms with Gasteiger partial charge in [-0.25, -0.2) is 8.42 Å². The van der Waals surface area contributed by atoms with Crippen LogP contribution in [0.15, 0.2) is 53.4 Å². The fourth-order valence-electron chi connectivity index (χ4n) is 2.47. The van der Waals surface area contributed by atoms with Crippen molar-refractivity contribution < 1.29 is 13.2 Å². The minimum absolute atomic E-state index is 0.0472. The maximum Gasteiger partial charge on any atom is 0.261 e. The van der Waals surface area contributed by atoms with Crippen LogP contribution in [0, 0.1) is 0 Å². The summed E-state index contributed by atoms with van der Waals surface area (Å²) in [4.78, 5) is 12.4. The Morgan fingerprint density at radius 3 is 2.36 bits per heavy atom. The number of sulfonamides is 1. The zero-order chi connectivity index (χ0) is 19.7. The molecule has 0 radical (unpaired) electrons. The molecule has 0 aliphatic heterocycles.